The molecule has 0 heterocycles. The molecule has 2 aliphatic rings. The molecule has 0 aliphatic heterocycles. The van der Waals surface area contributed by atoms with Crippen molar-refractivity contribution in [3.8, 4) is 0 Å². The first-order valence-electron chi connectivity index (χ1n) is 8.01. The number of rotatable bonds is 2. The average molecular weight is 397 g/mol. The zero-order valence-electron chi connectivity index (χ0n) is 14.0. The molecule has 1 unspecified atom stereocenters. The lowest BCUT2D eigenvalue weighted by Gasteiger charge is -2.33. The minimum Gasteiger partial charge on any atom is -0.291 e. The van der Waals surface area contributed by atoms with E-state index in [-0.39, 0.29) is 5.41 Å². The third-order valence-corrected chi connectivity index (χ3v) is 5.70. The number of halogens is 1. The maximum atomic E-state index is 2.49. The summed E-state index contributed by atoms with van der Waals surface area (Å²) in [5, 5.41) is 0. The molecule has 0 radical (unpaired) electrons. The van der Waals surface area contributed by atoms with Crippen molar-refractivity contribution in [2.75, 3.05) is 0 Å². The van der Waals surface area contributed by atoms with Crippen molar-refractivity contribution in [1.82, 2.24) is 3.11 Å². The molecule has 0 aromatic carbocycles. The maximum absolute atomic E-state index is 2.49. The van der Waals surface area contributed by atoms with Crippen LogP contribution in [0.1, 0.15) is 60.3 Å². The molecule has 2 aliphatic carbocycles. The van der Waals surface area contributed by atoms with E-state index >= 15 is 0 Å². The van der Waals surface area contributed by atoms with Gasteiger partial charge in [0.1, 0.15) is 0 Å². The lowest BCUT2D eigenvalue weighted by Crippen LogP contribution is -2.22. The fourth-order valence-corrected chi connectivity index (χ4v) is 4.01. The predicted octanol–water partition coefficient (Wildman–Crippen LogP) is 6.55. The molecule has 1 nitrogen and oxygen atoms in total. The topological polar surface area (TPSA) is 3.24 Å². The summed E-state index contributed by atoms with van der Waals surface area (Å²) < 4.78 is 2.41. The summed E-state index contributed by atoms with van der Waals surface area (Å²) in [6.45, 7) is 11.5. The Bertz CT molecular complexity index is 514. The second-order valence-corrected chi connectivity index (χ2v) is 8.37. The van der Waals surface area contributed by atoms with Gasteiger partial charge in [-0.3, -0.25) is 3.11 Å². The van der Waals surface area contributed by atoms with Crippen molar-refractivity contribution in [3.63, 3.8) is 0 Å². The maximum Gasteiger partial charge on any atom is 0.0639 e. The van der Waals surface area contributed by atoms with Gasteiger partial charge in [-0.25, -0.2) is 0 Å². The first-order chi connectivity index (χ1) is 9.79. The monoisotopic (exact) mass is 397 g/mol. The first kappa shape index (κ1) is 16.9. The first-order valence-corrected chi connectivity index (χ1v) is 8.97. The number of allylic oxidation sites excluding steroid dienone is 8. The highest BCUT2D eigenvalue weighted by Gasteiger charge is 2.26. The van der Waals surface area contributed by atoms with Crippen LogP contribution in [0.5, 0.6) is 0 Å². The Labute approximate surface area is 144 Å². The Morgan fingerprint density at radius 1 is 1.14 bits per heavy atom. The number of hydrogen-bond acceptors (Lipinski definition) is 1. The van der Waals surface area contributed by atoms with Crippen LogP contribution in [-0.4, -0.2) is 3.11 Å². The van der Waals surface area contributed by atoms with Crippen LogP contribution in [0.15, 0.2) is 46.8 Å². The van der Waals surface area contributed by atoms with Crippen molar-refractivity contribution in [2.45, 2.75) is 60.3 Å². The second-order valence-electron chi connectivity index (χ2n) is 7.40. The predicted molar refractivity (Wildman–Crippen MR) is 101 cm³/mol. The van der Waals surface area contributed by atoms with Gasteiger partial charge in [0.05, 0.1) is 22.9 Å². The molecule has 2 rings (SSSR count). The quantitative estimate of drug-likeness (QED) is 0.290. The minimum absolute atomic E-state index is 0.287. The van der Waals surface area contributed by atoms with Crippen molar-refractivity contribution < 1.29 is 0 Å². The van der Waals surface area contributed by atoms with E-state index in [1.807, 2.05) is 0 Å². The molecule has 0 spiro atoms. The molecular weight excluding hydrogens is 369 g/mol. The molecule has 0 bridgehead atoms. The molecule has 0 N–H and O–H groups in total. The van der Waals surface area contributed by atoms with Crippen molar-refractivity contribution in [3.05, 3.63) is 46.8 Å². The molecule has 0 saturated heterocycles. The van der Waals surface area contributed by atoms with Crippen LogP contribution in [0.4, 0.5) is 0 Å². The van der Waals surface area contributed by atoms with Crippen LogP contribution >= 0.6 is 22.9 Å². The SMILES string of the molecule is CC1=CCC=C(N(I)C2=CC=C(C(C)(C)C)CC2C)CC1. The second kappa shape index (κ2) is 6.72. The van der Waals surface area contributed by atoms with Gasteiger partial charge in [0.25, 0.3) is 0 Å². The molecule has 1 atom stereocenters. The summed E-state index contributed by atoms with van der Waals surface area (Å²) in [5.74, 6) is 0.597. The Hall–Kier alpha value is -0.510. The summed E-state index contributed by atoms with van der Waals surface area (Å²) in [6.07, 6.45) is 14.0. The molecule has 21 heavy (non-hydrogen) atoms. The smallest absolute Gasteiger partial charge is 0.0639 e. The van der Waals surface area contributed by atoms with Crippen molar-refractivity contribution in [1.29, 1.82) is 0 Å². The molecule has 0 amide bonds. The van der Waals surface area contributed by atoms with E-state index in [4.69, 9.17) is 0 Å². The third-order valence-electron chi connectivity index (χ3n) is 4.52. The molecule has 2 heteroatoms. The van der Waals surface area contributed by atoms with E-state index in [1.165, 1.54) is 29.8 Å². The van der Waals surface area contributed by atoms with Crippen molar-refractivity contribution >= 4 is 22.9 Å². The fraction of sp³-hybridized carbons (Fsp3) is 0.579. The summed E-state index contributed by atoms with van der Waals surface area (Å²) >= 11 is 2.49. The van der Waals surface area contributed by atoms with Crippen LogP contribution in [0.3, 0.4) is 0 Å². The van der Waals surface area contributed by atoms with Crippen LogP contribution in [0.2, 0.25) is 0 Å². The summed E-state index contributed by atoms with van der Waals surface area (Å²) in [5.41, 5.74) is 6.29. The lowest BCUT2D eigenvalue weighted by molar-refractivity contribution is 0.437. The lowest BCUT2D eigenvalue weighted by atomic mass is 9.78. The molecule has 0 fully saturated rings. The Morgan fingerprint density at radius 3 is 2.48 bits per heavy atom. The highest BCUT2D eigenvalue weighted by molar-refractivity contribution is 14.1. The van der Waals surface area contributed by atoms with Gasteiger partial charge in [-0.15, -0.1) is 0 Å². The van der Waals surface area contributed by atoms with E-state index in [0.717, 1.165) is 12.8 Å². The van der Waals surface area contributed by atoms with Crippen LogP contribution < -0.4 is 0 Å². The Kier molecular flexibility index (Phi) is 5.39. The van der Waals surface area contributed by atoms with E-state index in [9.17, 15) is 0 Å². The highest BCUT2D eigenvalue weighted by Crippen LogP contribution is 2.39. The molecule has 0 saturated carbocycles. The summed E-state index contributed by atoms with van der Waals surface area (Å²) in [7, 11) is 0. The number of hydrogen-bond donors (Lipinski definition) is 0. The van der Waals surface area contributed by atoms with E-state index in [1.54, 1.807) is 5.57 Å². The van der Waals surface area contributed by atoms with Gasteiger partial charge in [-0.1, -0.05) is 57.1 Å². The normalized spacial score (nSPS) is 23.6. The van der Waals surface area contributed by atoms with Crippen LogP contribution in [0, 0.1) is 11.3 Å². The van der Waals surface area contributed by atoms with Gasteiger partial charge in [0, 0.05) is 17.3 Å². The number of nitrogens with zero attached hydrogens (tertiary/aromatic N) is 1. The van der Waals surface area contributed by atoms with Gasteiger partial charge in [-0.2, -0.15) is 0 Å². The largest absolute Gasteiger partial charge is 0.291 e. The molecule has 0 aromatic heterocycles. The van der Waals surface area contributed by atoms with Gasteiger partial charge in [-0.05, 0) is 44.1 Å². The summed E-state index contributed by atoms with van der Waals surface area (Å²) in [6, 6.07) is 0. The average Bonchev–Trinajstić information content (AvgIpc) is 2.61. The van der Waals surface area contributed by atoms with Gasteiger partial charge >= 0.3 is 0 Å². The van der Waals surface area contributed by atoms with E-state index < -0.39 is 0 Å². The fourth-order valence-electron chi connectivity index (χ4n) is 2.94. The standard InChI is InChI=1S/C19H28IN/c1-14-7-6-8-17(11-9-14)21(20)18-12-10-16(13-15(18)2)19(3,4)5/h7-8,10,12,15H,6,9,11,13H2,1-5H3. The van der Waals surface area contributed by atoms with Gasteiger partial charge in [0.15, 0.2) is 0 Å². The molecule has 0 aromatic rings. The zero-order chi connectivity index (χ0) is 15.6. The van der Waals surface area contributed by atoms with Crippen molar-refractivity contribution in [2.24, 2.45) is 11.3 Å². The van der Waals surface area contributed by atoms with Gasteiger partial charge in [0.2, 0.25) is 0 Å². The Balaban J connectivity index is 2.16. The Morgan fingerprint density at radius 2 is 1.86 bits per heavy atom. The minimum atomic E-state index is 0.287. The van der Waals surface area contributed by atoms with Crippen LogP contribution in [0.25, 0.3) is 0 Å². The summed E-state index contributed by atoms with van der Waals surface area (Å²) in [4.78, 5) is 0. The van der Waals surface area contributed by atoms with Gasteiger partial charge < -0.3 is 0 Å². The zero-order valence-corrected chi connectivity index (χ0v) is 16.2. The van der Waals surface area contributed by atoms with E-state index in [2.05, 4.69) is 84.9 Å². The third kappa shape index (κ3) is 4.24. The molecular formula is C19H28IN. The van der Waals surface area contributed by atoms with E-state index in [0.29, 0.717) is 5.92 Å². The molecule has 116 valence electrons. The highest BCUT2D eigenvalue weighted by atomic mass is 127. The van der Waals surface area contributed by atoms with Crippen LogP contribution in [-0.2, 0) is 0 Å².